The van der Waals surface area contributed by atoms with Crippen molar-refractivity contribution in [3.63, 3.8) is 0 Å². The highest BCUT2D eigenvalue weighted by Crippen LogP contribution is 2.36. The van der Waals surface area contributed by atoms with Crippen molar-refractivity contribution in [1.82, 2.24) is 19.3 Å². The largest absolute Gasteiger partial charge is 0.383 e. The summed E-state index contributed by atoms with van der Waals surface area (Å²) in [6, 6.07) is 8.17. The molecule has 0 radical (unpaired) electrons. The maximum absolute atomic E-state index is 6.21. The van der Waals surface area contributed by atoms with Gasteiger partial charge in [0, 0.05) is 20.3 Å². The second-order valence-corrected chi connectivity index (χ2v) is 4.97. The first-order chi connectivity index (χ1) is 9.58. The van der Waals surface area contributed by atoms with Crippen LogP contribution in [0.1, 0.15) is 5.56 Å². The molecule has 20 heavy (non-hydrogen) atoms. The fourth-order valence-corrected chi connectivity index (χ4v) is 2.37. The average Bonchev–Trinajstić information content (AvgIpc) is 2.96. The maximum atomic E-state index is 6.21. The van der Waals surface area contributed by atoms with E-state index in [1.54, 1.807) is 11.0 Å². The Labute approximate surface area is 117 Å². The molecular weight excluding hydrogens is 250 g/mol. The Morgan fingerprint density at radius 2 is 1.90 bits per heavy atom. The topological polar surface area (TPSA) is 61.7 Å². The Hall–Kier alpha value is -2.56. The Morgan fingerprint density at radius 1 is 1.15 bits per heavy atom. The predicted octanol–water partition coefficient (Wildman–Crippen LogP) is 2.38. The number of benzene rings is 1. The monoisotopic (exact) mass is 267 g/mol. The molecule has 0 aliphatic rings. The highest BCUT2D eigenvalue weighted by Gasteiger charge is 2.19. The number of imidazole rings is 1. The number of hydrogen-bond donors (Lipinski definition) is 1. The second kappa shape index (κ2) is 4.52. The third kappa shape index (κ3) is 1.87. The van der Waals surface area contributed by atoms with Gasteiger partial charge in [0.05, 0.1) is 11.9 Å². The lowest BCUT2D eigenvalue weighted by Gasteiger charge is -2.06. The van der Waals surface area contributed by atoms with Crippen LogP contribution >= 0.6 is 0 Å². The summed E-state index contributed by atoms with van der Waals surface area (Å²) in [6.07, 6.45) is 3.71. The number of rotatable bonds is 2. The molecule has 2 N–H and O–H groups in total. The van der Waals surface area contributed by atoms with Crippen molar-refractivity contribution < 1.29 is 0 Å². The highest BCUT2D eigenvalue weighted by molar-refractivity contribution is 5.88. The normalized spacial score (nSPS) is 10.9. The van der Waals surface area contributed by atoms with Crippen LogP contribution in [0.3, 0.4) is 0 Å². The first kappa shape index (κ1) is 12.5. The van der Waals surface area contributed by atoms with Gasteiger partial charge in [-0.3, -0.25) is 4.68 Å². The van der Waals surface area contributed by atoms with E-state index in [0.717, 1.165) is 22.5 Å². The molecule has 0 aliphatic carbocycles. The summed E-state index contributed by atoms with van der Waals surface area (Å²) in [4.78, 5) is 4.39. The smallest absolute Gasteiger partial charge is 0.129 e. The van der Waals surface area contributed by atoms with Gasteiger partial charge in [0.25, 0.3) is 0 Å². The van der Waals surface area contributed by atoms with Crippen LogP contribution in [0.15, 0.2) is 36.8 Å². The van der Waals surface area contributed by atoms with Crippen LogP contribution in [0, 0.1) is 6.92 Å². The van der Waals surface area contributed by atoms with Gasteiger partial charge in [-0.05, 0) is 18.1 Å². The first-order valence-corrected chi connectivity index (χ1v) is 6.44. The van der Waals surface area contributed by atoms with E-state index in [2.05, 4.69) is 29.1 Å². The van der Waals surface area contributed by atoms with Gasteiger partial charge < -0.3 is 10.3 Å². The molecule has 5 nitrogen and oxygen atoms in total. The number of nitrogens with two attached hydrogens (primary N) is 1. The van der Waals surface area contributed by atoms with Crippen LogP contribution in [-0.2, 0) is 14.1 Å². The Balaban J connectivity index is 2.28. The number of anilines is 1. The fraction of sp³-hybridized carbons (Fsp3) is 0.200. The van der Waals surface area contributed by atoms with E-state index in [1.165, 1.54) is 5.56 Å². The van der Waals surface area contributed by atoms with Crippen LogP contribution in [0.5, 0.6) is 0 Å². The van der Waals surface area contributed by atoms with Crippen molar-refractivity contribution in [2.24, 2.45) is 14.1 Å². The van der Waals surface area contributed by atoms with Crippen LogP contribution in [-0.4, -0.2) is 19.3 Å². The summed E-state index contributed by atoms with van der Waals surface area (Å²) in [5.41, 5.74) is 11.1. The summed E-state index contributed by atoms with van der Waals surface area (Å²) in [6.45, 7) is 2.07. The van der Waals surface area contributed by atoms with Gasteiger partial charge in [-0.2, -0.15) is 5.10 Å². The molecule has 2 heterocycles. The van der Waals surface area contributed by atoms with Crippen molar-refractivity contribution in [2.45, 2.75) is 6.92 Å². The predicted molar refractivity (Wildman–Crippen MR) is 80.0 cm³/mol. The van der Waals surface area contributed by atoms with Crippen molar-refractivity contribution in [3.8, 4) is 22.5 Å². The van der Waals surface area contributed by atoms with Gasteiger partial charge >= 0.3 is 0 Å². The summed E-state index contributed by atoms with van der Waals surface area (Å²) in [5.74, 6) is 0.653. The minimum Gasteiger partial charge on any atom is -0.383 e. The molecule has 3 aromatic rings. The highest BCUT2D eigenvalue weighted by atomic mass is 15.3. The molecule has 2 aromatic heterocycles. The summed E-state index contributed by atoms with van der Waals surface area (Å²) >= 11 is 0. The molecule has 0 fully saturated rings. The lowest BCUT2D eigenvalue weighted by molar-refractivity contribution is 0.781. The first-order valence-electron chi connectivity index (χ1n) is 6.44. The third-order valence-electron chi connectivity index (χ3n) is 3.45. The SMILES string of the molecule is Cc1ccccc1-c1c(-c2cn(C)cn2)nn(C)c1N. The van der Waals surface area contributed by atoms with Crippen LogP contribution in [0.4, 0.5) is 5.82 Å². The lowest BCUT2D eigenvalue weighted by atomic mass is 9.99. The molecule has 0 spiro atoms. The molecule has 0 saturated heterocycles. The number of nitrogens with zero attached hydrogens (tertiary/aromatic N) is 4. The van der Waals surface area contributed by atoms with Gasteiger partial charge in [0.1, 0.15) is 17.2 Å². The molecule has 0 amide bonds. The van der Waals surface area contributed by atoms with Crippen molar-refractivity contribution in [2.75, 3.05) is 5.73 Å². The Bertz CT molecular complexity index is 766. The minimum absolute atomic E-state index is 0.653. The quantitative estimate of drug-likeness (QED) is 0.775. The molecule has 0 aliphatic heterocycles. The van der Waals surface area contributed by atoms with Crippen LogP contribution in [0.25, 0.3) is 22.5 Å². The molecule has 5 heteroatoms. The number of aromatic nitrogens is 4. The van der Waals surface area contributed by atoms with E-state index in [4.69, 9.17) is 5.73 Å². The van der Waals surface area contributed by atoms with E-state index >= 15 is 0 Å². The standard InChI is InChI=1S/C15H17N5/c1-10-6-4-5-7-11(10)13-14(18-20(3)15(13)16)12-8-19(2)9-17-12/h4-9H,16H2,1-3H3. The zero-order valence-corrected chi connectivity index (χ0v) is 11.8. The Kier molecular flexibility index (Phi) is 2.82. The number of aryl methyl sites for hydroxylation is 3. The van der Waals surface area contributed by atoms with Gasteiger partial charge in [0.15, 0.2) is 0 Å². The summed E-state index contributed by atoms with van der Waals surface area (Å²) < 4.78 is 3.60. The molecule has 0 saturated carbocycles. The van der Waals surface area contributed by atoms with E-state index < -0.39 is 0 Å². The zero-order valence-electron chi connectivity index (χ0n) is 11.8. The van der Waals surface area contributed by atoms with Crippen molar-refractivity contribution in [1.29, 1.82) is 0 Å². The zero-order chi connectivity index (χ0) is 14.3. The molecule has 3 rings (SSSR count). The van der Waals surface area contributed by atoms with E-state index in [-0.39, 0.29) is 0 Å². The molecule has 0 unspecified atom stereocenters. The molecular formula is C15H17N5. The summed E-state index contributed by atoms with van der Waals surface area (Å²) in [5, 5.41) is 4.53. The van der Waals surface area contributed by atoms with Gasteiger partial charge in [-0.25, -0.2) is 4.98 Å². The van der Waals surface area contributed by atoms with E-state index in [9.17, 15) is 0 Å². The van der Waals surface area contributed by atoms with Gasteiger partial charge in [-0.1, -0.05) is 24.3 Å². The number of nitrogen functional groups attached to an aromatic ring is 1. The van der Waals surface area contributed by atoms with Crippen LogP contribution in [0.2, 0.25) is 0 Å². The third-order valence-corrected chi connectivity index (χ3v) is 3.45. The fourth-order valence-electron chi connectivity index (χ4n) is 2.37. The molecule has 1 aromatic carbocycles. The minimum atomic E-state index is 0.653. The maximum Gasteiger partial charge on any atom is 0.129 e. The van der Waals surface area contributed by atoms with Gasteiger partial charge in [-0.15, -0.1) is 0 Å². The second-order valence-electron chi connectivity index (χ2n) is 4.97. The van der Waals surface area contributed by atoms with Crippen molar-refractivity contribution >= 4 is 5.82 Å². The van der Waals surface area contributed by atoms with Gasteiger partial charge in [0.2, 0.25) is 0 Å². The molecule has 102 valence electrons. The number of hydrogen-bond acceptors (Lipinski definition) is 3. The average molecular weight is 267 g/mol. The Morgan fingerprint density at radius 3 is 2.55 bits per heavy atom. The summed E-state index contributed by atoms with van der Waals surface area (Å²) in [7, 11) is 3.79. The lowest BCUT2D eigenvalue weighted by Crippen LogP contribution is -1.98. The van der Waals surface area contributed by atoms with Crippen molar-refractivity contribution in [3.05, 3.63) is 42.4 Å². The van der Waals surface area contributed by atoms with E-state index in [1.807, 2.05) is 37.0 Å². The molecule has 0 atom stereocenters. The molecule has 0 bridgehead atoms. The van der Waals surface area contributed by atoms with E-state index in [0.29, 0.717) is 5.82 Å². The van der Waals surface area contributed by atoms with Crippen LogP contribution < -0.4 is 5.73 Å².